The summed E-state index contributed by atoms with van der Waals surface area (Å²) in [6, 6.07) is 0.454. The summed E-state index contributed by atoms with van der Waals surface area (Å²) in [5.74, 6) is 1.74. The van der Waals surface area contributed by atoms with Gasteiger partial charge in [0.25, 0.3) is 0 Å². The van der Waals surface area contributed by atoms with Crippen LogP contribution in [0, 0.1) is 17.3 Å². The lowest BCUT2D eigenvalue weighted by Crippen LogP contribution is -2.35. The SMILES string of the molecule is CCC(N)C1CCC(C(C)(C)CC)CC1. The van der Waals surface area contributed by atoms with E-state index >= 15 is 0 Å². The highest BCUT2D eigenvalue weighted by Gasteiger charge is 2.32. The molecule has 0 radical (unpaired) electrons. The molecule has 1 atom stereocenters. The van der Waals surface area contributed by atoms with E-state index in [9.17, 15) is 0 Å². The van der Waals surface area contributed by atoms with Crippen LogP contribution in [0.2, 0.25) is 0 Å². The maximum Gasteiger partial charge on any atom is 0.00645 e. The van der Waals surface area contributed by atoms with E-state index in [1.54, 1.807) is 0 Å². The topological polar surface area (TPSA) is 26.0 Å². The Kier molecular flexibility index (Phi) is 4.64. The molecule has 0 aliphatic heterocycles. The fraction of sp³-hybridized carbons (Fsp3) is 1.00. The summed E-state index contributed by atoms with van der Waals surface area (Å²) in [5, 5.41) is 0. The molecule has 0 bridgehead atoms. The third-order valence-electron chi connectivity index (χ3n) is 4.87. The summed E-state index contributed by atoms with van der Waals surface area (Å²) < 4.78 is 0. The van der Waals surface area contributed by atoms with Crippen molar-refractivity contribution in [3.8, 4) is 0 Å². The molecule has 0 aromatic carbocycles. The van der Waals surface area contributed by atoms with Crippen LogP contribution in [0.1, 0.15) is 66.2 Å². The Bertz CT molecular complexity index is 178. The molecule has 0 spiro atoms. The molecule has 0 amide bonds. The van der Waals surface area contributed by atoms with Gasteiger partial charge in [-0.2, -0.15) is 0 Å². The monoisotopic (exact) mass is 211 g/mol. The maximum atomic E-state index is 6.13. The van der Waals surface area contributed by atoms with Gasteiger partial charge in [0.05, 0.1) is 0 Å². The fourth-order valence-corrected chi connectivity index (χ4v) is 2.95. The average molecular weight is 211 g/mol. The zero-order valence-corrected chi connectivity index (χ0v) is 11.1. The molecular weight excluding hydrogens is 182 g/mol. The standard InChI is InChI=1S/C14H29N/c1-5-13(15)11-7-9-12(10-8-11)14(3,4)6-2/h11-13H,5-10,15H2,1-4H3. The molecule has 2 N–H and O–H groups in total. The summed E-state index contributed by atoms with van der Waals surface area (Å²) >= 11 is 0. The van der Waals surface area contributed by atoms with E-state index in [-0.39, 0.29) is 0 Å². The first-order chi connectivity index (χ1) is 7.01. The van der Waals surface area contributed by atoms with Crippen molar-refractivity contribution >= 4 is 0 Å². The molecule has 0 heterocycles. The summed E-state index contributed by atoms with van der Waals surface area (Å²) in [5.41, 5.74) is 6.68. The van der Waals surface area contributed by atoms with Crippen LogP contribution in [0.3, 0.4) is 0 Å². The van der Waals surface area contributed by atoms with E-state index in [1.165, 1.54) is 32.1 Å². The Labute approximate surface area is 95.8 Å². The smallest absolute Gasteiger partial charge is 0.00645 e. The Morgan fingerprint density at radius 2 is 1.67 bits per heavy atom. The summed E-state index contributed by atoms with van der Waals surface area (Å²) in [7, 11) is 0. The first-order valence-electron chi connectivity index (χ1n) is 6.76. The van der Waals surface area contributed by atoms with Crippen molar-refractivity contribution in [2.75, 3.05) is 0 Å². The molecule has 90 valence electrons. The Morgan fingerprint density at radius 3 is 2.07 bits per heavy atom. The van der Waals surface area contributed by atoms with Crippen LogP contribution in [0.5, 0.6) is 0 Å². The van der Waals surface area contributed by atoms with Crippen molar-refractivity contribution in [2.45, 2.75) is 72.3 Å². The molecular formula is C14H29N. The normalized spacial score (nSPS) is 30.2. The predicted octanol–water partition coefficient (Wildman–Crippen LogP) is 3.97. The zero-order valence-electron chi connectivity index (χ0n) is 11.1. The summed E-state index contributed by atoms with van der Waals surface area (Å²) in [6.45, 7) is 9.39. The highest BCUT2D eigenvalue weighted by molar-refractivity contribution is 4.85. The van der Waals surface area contributed by atoms with Gasteiger partial charge in [-0.15, -0.1) is 0 Å². The molecule has 1 aliphatic carbocycles. The van der Waals surface area contributed by atoms with Gasteiger partial charge in [-0.05, 0) is 49.4 Å². The number of rotatable bonds is 4. The molecule has 1 aliphatic rings. The second-order valence-electron chi connectivity index (χ2n) is 6.03. The lowest BCUT2D eigenvalue weighted by Gasteiger charge is -2.40. The molecule has 1 saturated carbocycles. The minimum atomic E-state index is 0.454. The molecule has 1 fully saturated rings. The minimum absolute atomic E-state index is 0.454. The third kappa shape index (κ3) is 3.21. The van der Waals surface area contributed by atoms with Crippen molar-refractivity contribution in [1.82, 2.24) is 0 Å². The van der Waals surface area contributed by atoms with Gasteiger partial charge in [-0.3, -0.25) is 0 Å². The van der Waals surface area contributed by atoms with Gasteiger partial charge in [0.2, 0.25) is 0 Å². The first kappa shape index (κ1) is 13.0. The van der Waals surface area contributed by atoms with Gasteiger partial charge >= 0.3 is 0 Å². The van der Waals surface area contributed by atoms with Crippen molar-refractivity contribution in [3.05, 3.63) is 0 Å². The molecule has 0 aromatic rings. The average Bonchev–Trinajstić information content (AvgIpc) is 2.28. The lowest BCUT2D eigenvalue weighted by atomic mass is 9.66. The molecule has 1 nitrogen and oxygen atoms in total. The van der Waals surface area contributed by atoms with Gasteiger partial charge in [0.1, 0.15) is 0 Å². The predicted molar refractivity (Wildman–Crippen MR) is 67.8 cm³/mol. The number of hydrogen-bond donors (Lipinski definition) is 1. The molecule has 1 rings (SSSR count). The third-order valence-corrected chi connectivity index (χ3v) is 4.87. The molecule has 0 saturated heterocycles. The van der Waals surface area contributed by atoms with Crippen molar-refractivity contribution < 1.29 is 0 Å². The van der Waals surface area contributed by atoms with E-state index in [1.807, 2.05) is 0 Å². The first-order valence-corrected chi connectivity index (χ1v) is 6.76. The van der Waals surface area contributed by atoms with Gasteiger partial charge in [0, 0.05) is 6.04 Å². The van der Waals surface area contributed by atoms with Crippen LogP contribution < -0.4 is 5.73 Å². The van der Waals surface area contributed by atoms with Gasteiger partial charge in [-0.1, -0.05) is 34.1 Å². The Hall–Kier alpha value is -0.0400. The second kappa shape index (κ2) is 5.34. The van der Waals surface area contributed by atoms with E-state index in [4.69, 9.17) is 5.73 Å². The Morgan fingerprint density at radius 1 is 1.13 bits per heavy atom. The molecule has 15 heavy (non-hydrogen) atoms. The highest BCUT2D eigenvalue weighted by Crippen LogP contribution is 2.42. The van der Waals surface area contributed by atoms with Gasteiger partial charge in [-0.25, -0.2) is 0 Å². The van der Waals surface area contributed by atoms with E-state index in [0.717, 1.165) is 18.3 Å². The van der Waals surface area contributed by atoms with E-state index in [2.05, 4.69) is 27.7 Å². The molecule has 1 unspecified atom stereocenters. The van der Waals surface area contributed by atoms with Gasteiger partial charge < -0.3 is 5.73 Å². The minimum Gasteiger partial charge on any atom is -0.327 e. The summed E-state index contributed by atoms with van der Waals surface area (Å²) in [6.07, 6.45) is 7.99. The fourth-order valence-electron chi connectivity index (χ4n) is 2.95. The zero-order chi connectivity index (χ0) is 11.5. The maximum absolute atomic E-state index is 6.13. The van der Waals surface area contributed by atoms with Crippen LogP contribution in [0.4, 0.5) is 0 Å². The van der Waals surface area contributed by atoms with E-state index in [0.29, 0.717) is 11.5 Å². The molecule has 0 aromatic heterocycles. The van der Waals surface area contributed by atoms with Crippen LogP contribution in [0.25, 0.3) is 0 Å². The van der Waals surface area contributed by atoms with Crippen molar-refractivity contribution in [3.63, 3.8) is 0 Å². The van der Waals surface area contributed by atoms with Crippen LogP contribution >= 0.6 is 0 Å². The van der Waals surface area contributed by atoms with Crippen LogP contribution in [-0.2, 0) is 0 Å². The summed E-state index contributed by atoms with van der Waals surface area (Å²) in [4.78, 5) is 0. The van der Waals surface area contributed by atoms with Crippen molar-refractivity contribution in [1.29, 1.82) is 0 Å². The molecule has 1 heteroatoms. The van der Waals surface area contributed by atoms with Crippen LogP contribution in [0.15, 0.2) is 0 Å². The lowest BCUT2D eigenvalue weighted by molar-refractivity contribution is 0.119. The highest BCUT2D eigenvalue weighted by atomic mass is 14.6. The second-order valence-corrected chi connectivity index (χ2v) is 6.03. The Balaban J connectivity index is 2.42. The number of nitrogens with two attached hydrogens (primary N) is 1. The van der Waals surface area contributed by atoms with E-state index < -0.39 is 0 Å². The largest absolute Gasteiger partial charge is 0.327 e. The number of hydrogen-bond acceptors (Lipinski definition) is 1. The van der Waals surface area contributed by atoms with Crippen LogP contribution in [-0.4, -0.2) is 6.04 Å². The quantitative estimate of drug-likeness (QED) is 0.748. The van der Waals surface area contributed by atoms with Gasteiger partial charge in [0.15, 0.2) is 0 Å². The van der Waals surface area contributed by atoms with Crippen molar-refractivity contribution in [2.24, 2.45) is 23.0 Å².